The summed E-state index contributed by atoms with van der Waals surface area (Å²) in [6.07, 6.45) is 4.46. The lowest BCUT2D eigenvalue weighted by atomic mass is 9.90. The molecule has 2 saturated heterocycles. The molecule has 2 aliphatic heterocycles. The summed E-state index contributed by atoms with van der Waals surface area (Å²) in [7, 11) is 2.26. The number of rotatable bonds is 6. The van der Waals surface area contributed by atoms with Crippen LogP contribution in [-0.4, -0.2) is 60.6 Å². The van der Waals surface area contributed by atoms with Crippen molar-refractivity contribution in [2.45, 2.75) is 38.3 Å². The molecule has 0 aromatic heterocycles. The summed E-state index contributed by atoms with van der Waals surface area (Å²) >= 11 is 6.27. The third kappa shape index (κ3) is 5.82. The fourth-order valence-electron chi connectivity index (χ4n) is 4.94. The molecule has 1 unspecified atom stereocenters. The zero-order chi connectivity index (χ0) is 20.9. The first-order chi connectivity index (χ1) is 14.6. The van der Waals surface area contributed by atoms with Crippen molar-refractivity contribution in [2.75, 3.05) is 39.9 Å². The maximum atomic E-state index is 13.5. The first-order valence-electron chi connectivity index (χ1n) is 11.2. The van der Waals surface area contributed by atoms with Crippen LogP contribution in [0.3, 0.4) is 0 Å². The second kappa shape index (κ2) is 10.2. The second-order valence-corrected chi connectivity index (χ2v) is 9.47. The lowest BCUT2D eigenvalue weighted by molar-refractivity contribution is 0.0302. The zero-order valence-electron chi connectivity index (χ0n) is 17.9. The van der Waals surface area contributed by atoms with Crippen molar-refractivity contribution in [1.29, 1.82) is 0 Å². The average Bonchev–Trinajstić information content (AvgIpc) is 2.75. The molecular formula is C25H33ClFN3. The molecule has 3 nitrogen and oxygen atoms in total. The van der Waals surface area contributed by atoms with Gasteiger partial charge in [0.05, 0.1) is 6.67 Å². The number of piperidine rings is 1. The molecular weight excluding hydrogens is 397 g/mol. The Morgan fingerprint density at radius 2 is 1.70 bits per heavy atom. The predicted molar refractivity (Wildman–Crippen MR) is 122 cm³/mol. The standard InChI is InChI=1S/C25H33ClFN3/c1-28-19-30(17-21-5-3-2-4-6-21)14-11-24(28)18-29-12-9-20(10-13-29)15-22-16-23(27)7-8-25(22)26/h2-8,16,20,24H,9-15,17-19H2,1H3. The summed E-state index contributed by atoms with van der Waals surface area (Å²) in [6.45, 7) is 6.66. The number of nitrogens with zero attached hydrogens (tertiary/aromatic N) is 3. The van der Waals surface area contributed by atoms with E-state index in [0.717, 1.165) is 44.8 Å². The Bertz CT molecular complexity index is 807. The van der Waals surface area contributed by atoms with Crippen LogP contribution in [-0.2, 0) is 13.0 Å². The van der Waals surface area contributed by atoms with Gasteiger partial charge < -0.3 is 4.90 Å². The Hall–Kier alpha value is -1.46. The van der Waals surface area contributed by atoms with Crippen LogP contribution in [0.15, 0.2) is 48.5 Å². The van der Waals surface area contributed by atoms with Crippen LogP contribution in [0.1, 0.15) is 30.4 Å². The van der Waals surface area contributed by atoms with Gasteiger partial charge in [0, 0.05) is 30.7 Å². The van der Waals surface area contributed by atoms with Crippen LogP contribution in [0.5, 0.6) is 0 Å². The molecule has 2 fully saturated rings. The third-order valence-electron chi connectivity index (χ3n) is 6.77. The molecule has 2 heterocycles. The normalized spacial score (nSPS) is 22.4. The fourth-order valence-corrected chi connectivity index (χ4v) is 5.13. The minimum atomic E-state index is -0.187. The van der Waals surface area contributed by atoms with Gasteiger partial charge in [0.1, 0.15) is 5.82 Å². The second-order valence-electron chi connectivity index (χ2n) is 9.06. The van der Waals surface area contributed by atoms with Crippen LogP contribution in [0.4, 0.5) is 4.39 Å². The molecule has 0 radical (unpaired) electrons. The van der Waals surface area contributed by atoms with Crippen LogP contribution in [0.25, 0.3) is 0 Å². The van der Waals surface area contributed by atoms with Crippen molar-refractivity contribution in [2.24, 2.45) is 5.92 Å². The molecule has 0 N–H and O–H groups in total. The van der Waals surface area contributed by atoms with Crippen molar-refractivity contribution in [3.63, 3.8) is 0 Å². The SMILES string of the molecule is CN1CN(Cc2ccccc2)CCC1CN1CCC(Cc2cc(F)ccc2Cl)CC1. The molecule has 2 aliphatic rings. The van der Waals surface area contributed by atoms with Gasteiger partial charge >= 0.3 is 0 Å². The van der Waals surface area contributed by atoms with Gasteiger partial charge in [-0.25, -0.2) is 4.39 Å². The topological polar surface area (TPSA) is 9.72 Å². The molecule has 0 aliphatic carbocycles. The summed E-state index contributed by atoms with van der Waals surface area (Å²) in [5, 5.41) is 0.697. The first-order valence-corrected chi connectivity index (χ1v) is 11.6. The van der Waals surface area contributed by atoms with E-state index < -0.39 is 0 Å². The highest BCUT2D eigenvalue weighted by Crippen LogP contribution is 2.27. The van der Waals surface area contributed by atoms with Gasteiger partial charge in [-0.05, 0) is 81.1 Å². The van der Waals surface area contributed by atoms with Crippen LogP contribution in [0, 0.1) is 11.7 Å². The van der Waals surface area contributed by atoms with E-state index in [1.165, 1.54) is 37.4 Å². The van der Waals surface area contributed by atoms with Gasteiger partial charge in [-0.2, -0.15) is 0 Å². The van der Waals surface area contributed by atoms with Gasteiger partial charge in [0.25, 0.3) is 0 Å². The lowest BCUT2D eigenvalue weighted by Gasteiger charge is -2.43. The maximum absolute atomic E-state index is 13.5. The van der Waals surface area contributed by atoms with Crippen molar-refractivity contribution in [3.05, 3.63) is 70.5 Å². The molecule has 0 bridgehead atoms. The Balaban J connectivity index is 1.21. The number of likely N-dealkylation sites (tertiary alicyclic amines) is 1. The quantitative estimate of drug-likeness (QED) is 0.646. The molecule has 0 spiro atoms. The van der Waals surface area contributed by atoms with E-state index in [1.54, 1.807) is 12.1 Å². The monoisotopic (exact) mass is 429 g/mol. The van der Waals surface area contributed by atoms with E-state index >= 15 is 0 Å². The van der Waals surface area contributed by atoms with Crippen molar-refractivity contribution >= 4 is 11.6 Å². The van der Waals surface area contributed by atoms with E-state index in [4.69, 9.17) is 11.6 Å². The molecule has 5 heteroatoms. The Morgan fingerprint density at radius 1 is 0.967 bits per heavy atom. The minimum absolute atomic E-state index is 0.187. The summed E-state index contributed by atoms with van der Waals surface area (Å²) in [5.41, 5.74) is 2.35. The van der Waals surface area contributed by atoms with Crippen LogP contribution in [0.2, 0.25) is 5.02 Å². The van der Waals surface area contributed by atoms with Crippen LogP contribution < -0.4 is 0 Å². The molecule has 30 heavy (non-hydrogen) atoms. The van der Waals surface area contributed by atoms with Gasteiger partial charge in [-0.1, -0.05) is 41.9 Å². The summed E-state index contributed by atoms with van der Waals surface area (Å²) in [5.74, 6) is 0.416. The number of benzene rings is 2. The lowest BCUT2D eigenvalue weighted by Crippen LogP contribution is -2.53. The largest absolute Gasteiger partial charge is 0.302 e. The van der Waals surface area contributed by atoms with Crippen molar-refractivity contribution in [3.8, 4) is 0 Å². The average molecular weight is 430 g/mol. The maximum Gasteiger partial charge on any atom is 0.123 e. The van der Waals surface area contributed by atoms with E-state index in [1.807, 2.05) is 0 Å². The summed E-state index contributed by atoms with van der Waals surface area (Å²) in [6, 6.07) is 16.1. The van der Waals surface area contributed by atoms with Crippen LogP contribution >= 0.6 is 11.6 Å². The van der Waals surface area contributed by atoms with Crippen molar-refractivity contribution in [1.82, 2.24) is 14.7 Å². The molecule has 2 aromatic rings. The smallest absolute Gasteiger partial charge is 0.123 e. The number of likely N-dealkylation sites (N-methyl/N-ethyl adjacent to an activating group) is 1. The summed E-state index contributed by atoms with van der Waals surface area (Å²) < 4.78 is 13.5. The van der Waals surface area contributed by atoms with Gasteiger partial charge in [0.2, 0.25) is 0 Å². The van der Waals surface area contributed by atoms with Crippen molar-refractivity contribution < 1.29 is 4.39 Å². The Kier molecular flexibility index (Phi) is 7.42. The molecule has 2 aromatic carbocycles. The van der Waals surface area contributed by atoms with E-state index in [9.17, 15) is 4.39 Å². The van der Waals surface area contributed by atoms with E-state index in [0.29, 0.717) is 17.0 Å². The highest BCUT2D eigenvalue weighted by atomic mass is 35.5. The highest BCUT2D eigenvalue weighted by molar-refractivity contribution is 6.31. The van der Waals surface area contributed by atoms with E-state index in [2.05, 4.69) is 52.1 Å². The minimum Gasteiger partial charge on any atom is -0.302 e. The first kappa shape index (κ1) is 21.8. The van der Waals surface area contributed by atoms with Gasteiger partial charge in [-0.3, -0.25) is 9.80 Å². The number of halogens is 2. The zero-order valence-corrected chi connectivity index (χ0v) is 18.7. The predicted octanol–water partition coefficient (Wildman–Crippen LogP) is 4.90. The Labute approximate surface area is 185 Å². The molecule has 4 rings (SSSR count). The number of hydrogen-bond acceptors (Lipinski definition) is 3. The third-order valence-corrected chi connectivity index (χ3v) is 7.14. The fraction of sp³-hybridized carbons (Fsp3) is 0.520. The van der Waals surface area contributed by atoms with Gasteiger partial charge in [-0.15, -0.1) is 0 Å². The van der Waals surface area contributed by atoms with Gasteiger partial charge in [0.15, 0.2) is 0 Å². The molecule has 1 atom stereocenters. The molecule has 0 amide bonds. The molecule has 162 valence electrons. The highest BCUT2D eigenvalue weighted by Gasteiger charge is 2.28. The molecule has 0 saturated carbocycles. The number of hydrogen-bond donors (Lipinski definition) is 0. The summed E-state index contributed by atoms with van der Waals surface area (Å²) in [4.78, 5) is 7.68. The Morgan fingerprint density at radius 3 is 2.43 bits per heavy atom. The van der Waals surface area contributed by atoms with E-state index in [-0.39, 0.29) is 5.82 Å².